The number of nitrogens with zero attached hydrogens (tertiary/aromatic N) is 2. The van der Waals surface area contributed by atoms with Crippen molar-refractivity contribution in [1.82, 2.24) is 4.98 Å². The molecule has 29 heavy (non-hydrogen) atoms. The summed E-state index contributed by atoms with van der Waals surface area (Å²) in [6.45, 7) is 3.88. The highest BCUT2D eigenvalue weighted by Gasteiger charge is 2.47. The molecule has 2 aromatic carbocycles. The highest BCUT2D eigenvalue weighted by molar-refractivity contribution is 6.51. The van der Waals surface area contributed by atoms with Gasteiger partial charge in [-0.2, -0.15) is 0 Å². The lowest BCUT2D eigenvalue weighted by Gasteiger charge is -2.25. The topological polar surface area (TPSA) is 70.5 Å². The third-order valence-corrected chi connectivity index (χ3v) is 4.98. The highest BCUT2D eigenvalue weighted by Crippen LogP contribution is 2.42. The van der Waals surface area contributed by atoms with Crippen molar-refractivity contribution in [1.29, 1.82) is 0 Å². The average molecular weight is 384 g/mol. The van der Waals surface area contributed by atoms with Crippen LogP contribution in [0.4, 0.5) is 5.69 Å². The molecule has 0 bridgehead atoms. The maximum absolute atomic E-state index is 13.1. The first-order valence-electron chi connectivity index (χ1n) is 9.32. The Labute approximate surface area is 169 Å². The Hall–Kier alpha value is -3.73. The largest absolute Gasteiger partial charge is 0.507 e. The summed E-state index contributed by atoms with van der Waals surface area (Å²) in [5, 5.41) is 11.0. The van der Waals surface area contributed by atoms with Crippen molar-refractivity contribution in [3.05, 3.63) is 101 Å². The Balaban J connectivity index is 1.97. The summed E-state index contributed by atoms with van der Waals surface area (Å²) in [5.74, 6) is -1.56. The van der Waals surface area contributed by atoms with E-state index in [0.717, 1.165) is 11.1 Å². The molecule has 144 valence electrons. The van der Waals surface area contributed by atoms with Gasteiger partial charge in [0.1, 0.15) is 5.76 Å². The van der Waals surface area contributed by atoms with Crippen LogP contribution in [0.25, 0.3) is 5.76 Å². The highest BCUT2D eigenvalue weighted by atomic mass is 16.3. The standard InChI is InChI=1S/C24H20N2O3/c1-15-11-16(2)13-19(12-15)26-21(18-9-6-10-25-14-18)20(23(28)24(26)29)22(27)17-7-4-3-5-8-17/h3-14,21,27H,1-2H3/b22-20+. The fourth-order valence-corrected chi connectivity index (χ4v) is 3.79. The Morgan fingerprint density at radius 1 is 0.966 bits per heavy atom. The predicted molar refractivity (Wildman–Crippen MR) is 111 cm³/mol. The van der Waals surface area contributed by atoms with Crippen LogP contribution in [-0.2, 0) is 9.59 Å². The second-order valence-corrected chi connectivity index (χ2v) is 7.17. The predicted octanol–water partition coefficient (Wildman–Crippen LogP) is 4.32. The van der Waals surface area contributed by atoms with E-state index in [9.17, 15) is 14.7 Å². The lowest BCUT2D eigenvalue weighted by atomic mass is 9.96. The molecule has 0 aliphatic carbocycles. The quantitative estimate of drug-likeness (QED) is 0.415. The number of Topliss-reactive ketones (excluding diaryl/α,β-unsaturated/α-hetero) is 1. The van der Waals surface area contributed by atoms with Gasteiger partial charge >= 0.3 is 0 Å². The Morgan fingerprint density at radius 2 is 1.66 bits per heavy atom. The maximum Gasteiger partial charge on any atom is 0.300 e. The van der Waals surface area contributed by atoms with E-state index in [1.54, 1.807) is 48.8 Å². The maximum atomic E-state index is 13.1. The van der Waals surface area contributed by atoms with E-state index < -0.39 is 17.7 Å². The Bertz CT molecular complexity index is 1100. The SMILES string of the molecule is Cc1cc(C)cc(N2C(=O)C(=O)/C(=C(/O)c3ccccc3)C2c2cccnc2)c1. The van der Waals surface area contributed by atoms with Crippen molar-refractivity contribution in [2.24, 2.45) is 0 Å². The zero-order chi connectivity index (χ0) is 20.5. The summed E-state index contributed by atoms with van der Waals surface area (Å²) in [4.78, 5) is 31.7. The normalized spacial score (nSPS) is 18.3. The van der Waals surface area contributed by atoms with Crippen LogP contribution in [-0.4, -0.2) is 21.8 Å². The third kappa shape index (κ3) is 3.31. The molecule has 1 aliphatic heterocycles. The molecule has 0 radical (unpaired) electrons. The molecular formula is C24H20N2O3. The number of aryl methyl sites for hydroxylation is 2. The Kier molecular flexibility index (Phi) is 4.72. The smallest absolute Gasteiger partial charge is 0.300 e. The van der Waals surface area contributed by atoms with Crippen LogP contribution in [0.1, 0.15) is 28.3 Å². The number of carbonyl (C=O) groups is 2. The molecule has 3 aromatic rings. The number of ketones is 1. The zero-order valence-corrected chi connectivity index (χ0v) is 16.2. The molecule has 0 spiro atoms. The summed E-state index contributed by atoms with van der Waals surface area (Å²) in [6.07, 6.45) is 3.24. The lowest BCUT2D eigenvalue weighted by molar-refractivity contribution is -0.132. The first-order chi connectivity index (χ1) is 14.0. The number of rotatable bonds is 3. The molecule has 1 saturated heterocycles. The molecule has 1 fully saturated rings. The first kappa shape index (κ1) is 18.6. The van der Waals surface area contributed by atoms with Gasteiger partial charge < -0.3 is 5.11 Å². The number of benzene rings is 2. The molecule has 1 aromatic heterocycles. The van der Waals surface area contributed by atoms with Gasteiger partial charge in [-0.3, -0.25) is 19.5 Å². The van der Waals surface area contributed by atoms with E-state index in [2.05, 4.69) is 4.98 Å². The number of aliphatic hydroxyl groups excluding tert-OH is 1. The van der Waals surface area contributed by atoms with Crippen molar-refractivity contribution >= 4 is 23.1 Å². The van der Waals surface area contributed by atoms with Gasteiger partial charge in [-0.1, -0.05) is 42.5 Å². The van der Waals surface area contributed by atoms with Gasteiger partial charge in [-0.15, -0.1) is 0 Å². The van der Waals surface area contributed by atoms with Crippen LogP contribution in [0.2, 0.25) is 0 Å². The fourth-order valence-electron chi connectivity index (χ4n) is 3.79. The molecule has 2 heterocycles. The fraction of sp³-hybridized carbons (Fsp3) is 0.125. The second kappa shape index (κ2) is 7.36. The van der Waals surface area contributed by atoms with E-state index in [0.29, 0.717) is 16.8 Å². The van der Waals surface area contributed by atoms with Gasteiger partial charge in [-0.25, -0.2) is 0 Å². The number of hydrogen-bond acceptors (Lipinski definition) is 4. The van der Waals surface area contributed by atoms with E-state index in [4.69, 9.17) is 0 Å². The third-order valence-electron chi connectivity index (χ3n) is 4.98. The summed E-state index contributed by atoms with van der Waals surface area (Å²) in [7, 11) is 0. The van der Waals surface area contributed by atoms with Crippen LogP contribution in [0.3, 0.4) is 0 Å². The summed E-state index contributed by atoms with van der Waals surface area (Å²) < 4.78 is 0. The van der Waals surface area contributed by atoms with Gasteiger partial charge in [0.15, 0.2) is 0 Å². The number of carbonyl (C=O) groups excluding carboxylic acids is 2. The number of pyridine rings is 1. The minimum Gasteiger partial charge on any atom is -0.507 e. The van der Waals surface area contributed by atoms with Crippen LogP contribution in [0.5, 0.6) is 0 Å². The minimum atomic E-state index is -0.759. The van der Waals surface area contributed by atoms with Gasteiger partial charge in [0.25, 0.3) is 11.7 Å². The molecule has 1 N–H and O–H groups in total. The van der Waals surface area contributed by atoms with Crippen molar-refractivity contribution in [3.63, 3.8) is 0 Å². The van der Waals surface area contributed by atoms with Gasteiger partial charge in [0.05, 0.1) is 11.6 Å². The van der Waals surface area contributed by atoms with Gasteiger partial charge in [-0.05, 0) is 48.7 Å². The summed E-state index contributed by atoms with van der Waals surface area (Å²) in [5.41, 5.74) is 3.78. The lowest BCUT2D eigenvalue weighted by Crippen LogP contribution is -2.29. The van der Waals surface area contributed by atoms with Crippen molar-refractivity contribution in [2.75, 3.05) is 4.90 Å². The average Bonchev–Trinajstić information content (AvgIpc) is 2.99. The molecular weight excluding hydrogens is 364 g/mol. The molecule has 5 heteroatoms. The number of anilines is 1. The monoisotopic (exact) mass is 384 g/mol. The second-order valence-electron chi connectivity index (χ2n) is 7.17. The molecule has 1 unspecified atom stereocenters. The molecule has 1 atom stereocenters. The minimum absolute atomic E-state index is 0.0633. The van der Waals surface area contributed by atoms with Crippen LogP contribution in [0, 0.1) is 13.8 Å². The number of amides is 1. The van der Waals surface area contributed by atoms with E-state index in [1.165, 1.54) is 4.90 Å². The molecule has 0 saturated carbocycles. The van der Waals surface area contributed by atoms with Crippen LogP contribution >= 0.6 is 0 Å². The number of aliphatic hydroxyl groups is 1. The van der Waals surface area contributed by atoms with E-state index in [1.807, 2.05) is 38.1 Å². The molecule has 5 nitrogen and oxygen atoms in total. The summed E-state index contributed by atoms with van der Waals surface area (Å²) >= 11 is 0. The first-order valence-corrected chi connectivity index (χ1v) is 9.32. The van der Waals surface area contributed by atoms with Crippen LogP contribution in [0.15, 0.2) is 78.6 Å². The van der Waals surface area contributed by atoms with E-state index >= 15 is 0 Å². The number of hydrogen-bond donors (Lipinski definition) is 1. The number of aromatic nitrogens is 1. The summed E-state index contributed by atoms with van der Waals surface area (Å²) in [6, 6.07) is 17.3. The van der Waals surface area contributed by atoms with E-state index in [-0.39, 0.29) is 11.3 Å². The van der Waals surface area contributed by atoms with Crippen molar-refractivity contribution < 1.29 is 14.7 Å². The van der Waals surface area contributed by atoms with Gasteiger partial charge in [0, 0.05) is 23.6 Å². The van der Waals surface area contributed by atoms with Crippen LogP contribution < -0.4 is 4.90 Å². The van der Waals surface area contributed by atoms with Crippen molar-refractivity contribution in [3.8, 4) is 0 Å². The zero-order valence-electron chi connectivity index (χ0n) is 16.2. The molecule has 1 aliphatic rings. The van der Waals surface area contributed by atoms with Gasteiger partial charge in [0.2, 0.25) is 0 Å². The Morgan fingerprint density at radius 3 is 2.28 bits per heavy atom. The molecule has 4 rings (SSSR count). The van der Waals surface area contributed by atoms with Crippen molar-refractivity contribution in [2.45, 2.75) is 19.9 Å². The molecule has 1 amide bonds.